The summed E-state index contributed by atoms with van der Waals surface area (Å²) in [4.78, 5) is 54.2. The van der Waals surface area contributed by atoms with E-state index in [2.05, 4.69) is 0 Å². The van der Waals surface area contributed by atoms with Crippen molar-refractivity contribution in [3.8, 4) is 0 Å². The average Bonchev–Trinajstić information content (AvgIpc) is 3.62. The Morgan fingerprint density at radius 1 is 0.750 bits per heavy atom. The number of esters is 3. The number of aliphatic hydroxyl groups is 2. The maximum atomic E-state index is 13.8. The summed E-state index contributed by atoms with van der Waals surface area (Å²) < 4.78 is 18.4. The average molecular weight is 755 g/mol. The fraction of sp³-hybridized carbons (Fsp3) is 0.319. The molecule has 0 aromatic heterocycles. The van der Waals surface area contributed by atoms with Crippen LogP contribution in [0.25, 0.3) is 18.2 Å². The molecule has 4 aliphatic rings. The van der Waals surface area contributed by atoms with Gasteiger partial charge in [-0.05, 0) is 53.0 Å². The van der Waals surface area contributed by atoms with E-state index in [0.29, 0.717) is 5.57 Å². The number of Topliss-reactive ketones (excluding diaryl/α,β-unsaturated/α-hetero) is 1. The van der Waals surface area contributed by atoms with Crippen LogP contribution >= 0.6 is 0 Å². The molecule has 2 fully saturated rings. The van der Waals surface area contributed by atoms with Crippen molar-refractivity contribution in [3.05, 3.63) is 149 Å². The van der Waals surface area contributed by atoms with Crippen molar-refractivity contribution < 1.29 is 43.6 Å². The summed E-state index contributed by atoms with van der Waals surface area (Å²) in [5.74, 6) is -6.16. The zero-order valence-corrected chi connectivity index (χ0v) is 31.8. The lowest BCUT2D eigenvalue weighted by molar-refractivity contribution is -0.225. The van der Waals surface area contributed by atoms with Gasteiger partial charge in [-0.25, -0.2) is 14.4 Å². The van der Waals surface area contributed by atoms with E-state index in [9.17, 15) is 29.4 Å². The van der Waals surface area contributed by atoms with E-state index in [1.807, 2.05) is 105 Å². The molecule has 0 bridgehead atoms. The standard InChI is InChI=1S/C47H46O9/c1-30-26-37-45(52,42(30)51)28-35(29-54-38(48)23-20-32-14-8-5-9-15-32)27-36-41-44(3,4)47(41,56-40(50)25-22-34-18-12-7-13-19-34)43(31(2)46(36,37)53)55-39(49)24-21-33-16-10-6-11-17-33/h5-27,31,36-37,41,43,52-53H,28-29H2,1-4H3/b23-20+,24-21+,25-22+/t31-,36+,37-,41-,43-,45-,46-,47-/m1/s1. The molecule has 9 nitrogen and oxygen atoms in total. The van der Waals surface area contributed by atoms with Crippen molar-refractivity contribution in [1.29, 1.82) is 0 Å². The van der Waals surface area contributed by atoms with Crippen molar-refractivity contribution in [2.45, 2.75) is 57.0 Å². The number of carbonyl (C=O) groups excluding carboxylic acids is 4. The summed E-state index contributed by atoms with van der Waals surface area (Å²) >= 11 is 0. The van der Waals surface area contributed by atoms with Gasteiger partial charge in [-0.1, -0.05) is 124 Å². The molecule has 3 aromatic carbocycles. The quantitative estimate of drug-likeness (QED) is 0.100. The van der Waals surface area contributed by atoms with Crippen LogP contribution in [0.3, 0.4) is 0 Å². The summed E-state index contributed by atoms with van der Waals surface area (Å²) in [7, 11) is 0. The number of carbonyl (C=O) groups is 4. The number of fused-ring (bicyclic) bond motifs is 5. The molecular weight excluding hydrogens is 709 g/mol. The third kappa shape index (κ3) is 6.69. The van der Waals surface area contributed by atoms with Crippen molar-refractivity contribution in [3.63, 3.8) is 0 Å². The Balaban J connectivity index is 1.28. The van der Waals surface area contributed by atoms with Crippen LogP contribution < -0.4 is 0 Å². The fourth-order valence-corrected chi connectivity index (χ4v) is 9.58. The van der Waals surface area contributed by atoms with Gasteiger partial charge in [-0.3, -0.25) is 4.79 Å². The lowest BCUT2D eigenvalue weighted by Gasteiger charge is -2.53. The van der Waals surface area contributed by atoms with E-state index in [4.69, 9.17) is 14.2 Å². The van der Waals surface area contributed by atoms with Crippen LogP contribution in [0, 0.1) is 29.1 Å². The maximum absolute atomic E-state index is 13.8. The number of rotatable bonds is 10. The Labute approximate surface area is 326 Å². The summed E-state index contributed by atoms with van der Waals surface area (Å²) in [5.41, 5.74) is -3.23. The smallest absolute Gasteiger partial charge is 0.331 e. The van der Waals surface area contributed by atoms with Crippen LogP contribution in [0.1, 0.15) is 50.8 Å². The van der Waals surface area contributed by atoms with Crippen LogP contribution in [0.4, 0.5) is 0 Å². The van der Waals surface area contributed by atoms with E-state index >= 15 is 0 Å². The summed E-state index contributed by atoms with van der Waals surface area (Å²) in [5, 5.41) is 25.6. The Morgan fingerprint density at radius 3 is 1.79 bits per heavy atom. The van der Waals surface area contributed by atoms with Gasteiger partial charge in [-0.15, -0.1) is 0 Å². The molecule has 0 heterocycles. The lowest BCUT2D eigenvalue weighted by atomic mass is 9.59. The minimum atomic E-state index is -2.09. The van der Waals surface area contributed by atoms with E-state index in [1.165, 1.54) is 18.2 Å². The molecule has 0 radical (unpaired) electrons. The Kier molecular flexibility index (Phi) is 10.2. The highest BCUT2D eigenvalue weighted by atomic mass is 16.6. The first-order valence-corrected chi connectivity index (χ1v) is 18.9. The molecule has 9 heteroatoms. The summed E-state index contributed by atoms with van der Waals surface area (Å²) in [6.07, 6.45) is 10.8. The molecule has 0 spiro atoms. The molecule has 7 rings (SSSR count). The van der Waals surface area contributed by atoms with Crippen molar-refractivity contribution in [2.75, 3.05) is 6.61 Å². The first-order chi connectivity index (χ1) is 26.7. The molecule has 4 aliphatic carbocycles. The molecule has 56 heavy (non-hydrogen) atoms. The van der Waals surface area contributed by atoms with Gasteiger partial charge >= 0.3 is 17.9 Å². The normalized spacial score (nSPS) is 31.5. The topological polar surface area (TPSA) is 136 Å². The first kappa shape index (κ1) is 38.6. The molecule has 3 aromatic rings. The molecule has 288 valence electrons. The van der Waals surface area contributed by atoms with Gasteiger partial charge in [0, 0.05) is 53.7 Å². The van der Waals surface area contributed by atoms with Crippen molar-refractivity contribution in [1.82, 2.24) is 0 Å². The molecule has 0 unspecified atom stereocenters. The highest BCUT2D eigenvalue weighted by Crippen LogP contribution is 2.77. The summed E-state index contributed by atoms with van der Waals surface area (Å²) in [6, 6.07) is 27.7. The highest BCUT2D eigenvalue weighted by Gasteiger charge is 2.88. The van der Waals surface area contributed by atoms with Crippen LogP contribution in [-0.4, -0.2) is 63.4 Å². The molecule has 0 amide bonds. The molecule has 0 aliphatic heterocycles. The highest BCUT2D eigenvalue weighted by molar-refractivity contribution is 6.05. The first-order valence-electron chi connectivity index (χ1n) is 18.9. The van der Waals surface area contributed by atoms with E-state index < -0.39 is 75.7 Å². The fourth-order valence-electron chi connectivity index (χ4n) is 9.58. The van der Waals surface area contributed by atoms with Crippen LogP contribution in [0.5, 0.6) is 0 Å². The molecule has 8 atom stereocenters. The Hall–Kier alpha value is -5.64. The van der Waals surface area contributed by atoms with Gasteiger partial charge in [0.05, 0.1) is 5.60 Å². The zero-order chi connectivity index (χ0) is 39.9. The van der Waals surface area contributed by atoms with Crippen molar-refractivity contribution >= 4 is 41.9 Å². The van der Waals surface area contributed by atoms with Gasteiger partial charge in [0.2, 0.25) is 0 Å². The second kappa shape index (κ2) is 14.8. The maximum Gasteiger partial charge on any atom is 0.331 e. The van der Waals surface area contributed by atoms with Crippen LogP contribution in [-0.2, 0) is 33.4 Å². The number of benzene rings is 3. The van der Waals surface area contributed by atoms with Gasteiger partial charge < -0.3 is 24.4 Å². The number of hydrogen-bond donors (Lipinski definition) is 2. The van der Waals surface area contributed by atoms with Gasteiger partial charge in [0.15, 0.2) is 11.4 Å². The Bertz CT molecular complexity index is 2170. The summed E-state index contributed by atoms with van der Waals surface area (Å²) in [6.45, 7) is 6.82. The van der Waals surface area contributed by atoms with Gasteiger partial charge in [0.1, 0.15) is 18.3 Å². The minimum absolute atomic E-state index is 0.213. The third-order valence-electron chi connectivity index (χ3n) is 12.3. The van der Waals surface area contributed by atoms with E-state index in [-0.39, 0.29) is 18.6 Å². The second-order valence-electron chi connectivity index (χ2n) is 15.9. The number of ketones is 1. The van der Waals surface area contributed by atoms with Crippen LogP contribution in [0.15, 0.2) is 133 Å². The minimum Gasteiger partial charge on any atom is -0.458 e. The van der Waals surface area contributed by atoms with E-state index in [1.54, 1.807) is 44.2 Å². The molecule has 2 saturated carbocycles. The largest absolute Gasteiger partial charge is 0.458 e. The van der Waals surface area contributed by atoms with Gasteiger partial charge in [-0.2, -0.15) is 0 Å². The third-order valence-corrected chi connectivity index (χ3v) is 12.3. The monoisotopic (exact) mass is 754 g/mol. The second-order valence-corrected chi connectivity index (χ2v) is 15.9. The molecule has 2 N–H and O–H groups in total. The Morgan fingerprint density at radius 2 is 1.25 bits per heavy atom. The van der Waals surface area contributed by atoms with Crippen molar-refractivity contribution in [2.24, 2.45) is 29.1 Å². The predicted molar refractivity (Wildman–Crippen MR) is 211 cm³/mol. The molecular formula is C47H46O9. The van der Waals surface area contributed by atoms with E-state index in [0.717, 1.165) is 16.7 Å². The number of ether oxygens (including phenoxy) is 3. The predicted octanol–water partition coefficient (Wildman–Crippen LogP) is 6.72. The SMILES string of the molecule is CC1=C[C@H]2[C@@]3(O)[C@H](C)[C@@H](OC(=O)/C=C/c4ccccc4)[C@]4(OC(=O)/C=C/c5ccccc5)[C@H]([C@@H]3C=C(COC(=O)/C=C/c3ccccc3)C[C@]2(O)C1=O)C4(C)C. The molecule has 0 saturated heterocycles. The zero-order valence-electron chi connectivity index (χ0n) is 31.8. The van der Waals surface area contributed by atoms with Gasteiger partial charge in [0.25, 0.3) is 0 Å². The van der Waals surface area contributed by atoms with Crippen LogP contribution in [0.2, 0.25) is 0 Å². The number of hydrogen-bond acceptors (Lipinski definition) is 9. The lowest BCUT2D eigenvalue weighted by Crippen LogP contribution is -2.66.